The van der Waals surface area contributed by atoms with E-state index in [1.54, 1.807) is 10.9 Å². The normalized spacial score (nSPS) is 24.3. The first kappa shape index (κ1) is 13.5. The number of hydrogen-bond acceptors (Lipinski definition) is 3. The van der Waals surface area contributed by atoms with Crippen LogP contribution in [0.25, 0.3) is 5.69 Å². The van der Waals surface area contributed by atoms with Gasteiger partial charge in [0.2, 0.25) is 0 Å². The van der Waals surface area contributed by atoms with Gasteiger partial charge in [-0.15, -0.1) is 0 Å². The van der Waals surface area contributed by atoms with Crippen molar-refractivity contribution in [2.45, 2.75) is 6.42 Å². The van der Waals surface area contributed by atoms with Crippen molar-refractivity contribution in [3.05, 3.63) is 48.3 Å². The molecule has 1 amide bonds. The molecular formula is C17H20N4O. The van der Waals surface area contributed by atoms with Crippen molar-refractivity contribution in [1.82, 2.24) is 20.0 Å². The van der Waals surface area contributed by atoms with Gasteiger partial charge in [-0.25, -0.2) is 4.68 Å². The zero-order valence-electron chi connectivity index (χ0n) is 12.5. The van der Waals surface area contributed by atoms with E-state index in [1.807, 2.05) is 41.4 Å². The minimum absolute atomic E-state index is 0.104. The van der Waals surface area contributed by atoms with Crippen molar-refractivity contribution in [2.75, 3.05) is 26.2 Å². The fourth-order valence-corrected chi connectivity index (χ4v) is 3.56. The molecule has 1 aromatic heterocycles. The highest BCUT2D eigenvalue weighted by molar-refractivity contribution is 5.93. The van der Waals surface area contributed by atoms with Crippen molar-refractivity contribution < 1.29 is 4.79 Å². The second-order valence-electron chi connectivity index (χ2n) is 6.23. The molecule has 1 aromatic carbocycles. The van der Waals surface area contributed by atoms with Gasteiger partial charge >= 0.3 is 0 Å². The zero-order chi connectivity index (χ0) is 14.9. The van der Waals surface area contributed by atoms with Crippen LogP contribution in [0.4, 0.5) is 0 Å². The molecule has 3 heterocycles. The Hall–Kier alpha value is -2.14. The summed E-state index contributed by atoms with van der Waals surface area (Å²) < 4.78 is 1.76. The number of benzene rings is 1. The molecule has 0 aliphatic carbocycles. The number of aromatic nitrogens is 2. The fourth-order valence-electron chi connectivity index (χ4n) is 3.56. The molecule has 114 valence electrons. The second-order valence-corrected chi connectivity index (χ2v) is 6.23. The Labute approximate surface area is 129 Å². The number of rotatable bonds is 2. The number of nitrogens with zero attached hydrogens (tertiary/aromatic N) is 3. The number of hydrogen-bond donors (Lipinski definition) is 1. The number of para-hydroxylation sites is 1. The lowest BCUT2D eigenvalue weighted by Gasteiger charge is -2.34. The van der Waals surface area contributed by atoms with Gasteiger partial charge in [0.15, 0.2) is 0 Å². The number of piperidine rings is 1. The van der Waals surface area contributed by atoms with Crippen LogP contribution in [-0.2, 0) is 0 Å². The Kier molecular flexibility index (Phi) is 3.42. The van der Waals surface area contributed by atoms with Crippen molar-refractivity contribution in [1.29, 1.82) is 0 Å². The third kappa shape index (κ3) is 2.41. The molecule has 1 N–H and O–H groups in total. The maximum atomic E-state index is 12.7. The molecule has 2 aliphatic heterocycles. The van der Waals surface area contributed by atoms with Crippen LogP contribution in [0.3, 0.4) is 0 Å². The lowest BCUT2D eigenvalue weighted by molar-refractivity contribution is 0.0642. The predicted molar refractivity (Wildman–Crippen MR) is 83.9 cm³/mol. The highest BCUT2D eigenvalue weighted by Crippen LogP contribution is 2.27. The number of fused-ring (bicyclic) bond motifs is 1. The van der Waals surface area contributed by atoms with Crippen molar-refractivity contribution in [3.63, 3.8) is 0 Å². The highest BCUT2D eigenvalue weighted by atomic mass is 16.2. The fraction of sp³-hybridized carbons (Fsp3) is 0.412. The SMILES string of the molecule is O=C(c1cnn(-c2ccccc2)c1)N1CCC2CNCC2C1. The van der Waals surface area contributed by atoms with Gasteiger partial charge in [0.1, 0.15) is 0 Å². The molecule has 2 atom stereocenters. The van der Waals surface area contributed by atoms with E-state index in [9.17, 15) is 4.79 Å². The molecule has 2 saturated heterocycles. The van der Waals surface area contributed by atoms with Gasteiger partial charge in [-0.3, -0.25) is 4.79 Å². The van der Waals surface area contributed by atoms with Crippen LogP contribution in [0.5, 0.6) is 0 Å². The van der Waals surface area contributed by atoms with Gasteiger partial charge in [-0.2, -0.15) is 5.10 Å². The topological polar surface area (TPSA) is 50.2 Å². The summed E-state index contributed by atoms with van der Waals surface area (Å²) in [6, 6.07) is 9.87. The molecule has 2 unspecified atom stereocenters. The molecule has 0 spiro atoms. The molecular weight excluding hydrogens is 276 g/mol. The zero-order valence-corrected chi connectivity index (χ0v) is 12.5. The molecule has 4 rings (SSSR count). The van der Waals surface area contributed by atoms with Crippen LogP contribution in [0, 0.1) is 11.8 Å². The summed E-state index contributed by atoms with van der Waals surface area (Å²) in [5.41, 5.74) is 1.65. The van der Waals surface area contributed by atoms with Crippen LogP contribution < -0.4 is 5.32 Å². The lowest BCUT2D eigenvalue weighted by Crippen LogP contribution is -2.43. The standard InChI is InChI=1S/C17H20N4O/c22-17(20-7-6-13-8-18-9-14(13)11-20)15-10-19-21(12-15)16-4-2-1-3-5-16/h1-5,10,12-14,18H,6-9,11H2. The molecule has 0 saturated carbocycles. The predicted octanol–water partition coefficient (Wildman–Crippen LogP) is 1.55. The number of amides is 1. The van der Waals surface area contributed by atoms with E-state index in [4.69, 9.17) is 0 Å². The monoisotopic (exact) mass is 296 g/mol. The van der Waals surface area contributed by atoms with E-state index in [0.717, 1.165) is 44.2 Å². The van der Waals surface area contributed by atoms with Gasteiger partial charge in [-0.1, -0.05) is 18.2 Å². The molecule has 2 aromatic rings. The Morgan fingerprint density at radius 2 is 2.00 bits per heavy atom. The van der Waals surface area contributed by atoms with Crippen molar-refractivity contribution in [3.8, 4) is 5.69 Å². The van der Waals surface area contributed by atoms with E-state index in [1.165, 1.54) is 0 Å². The van der Waals surface area contributed by atoms with Gasteiger partial charge in [0.05, 0.1) is 17.4 Å². The van der Waals surface area contributed by atoms with E-state index in [-0.39, 0.29) is 5.91 Å². The molecule has 22 heavy (non-hydrogen) atoms. The second kappa shape index (κ2) is 5.57. The van der Waals surface area contributed by atoms with Crippen molar-refractivity contribution in [2.24, 2.45) is 11.8 Å². The number of likely N-dealkylation sites (tertiary alicyclic amines) is 1. The summed E-state index contributed by atoms with van der Waals surface area (Å²) in [5, 5.41) is 7.76. The van der Waals surface area contributed by atoms with E-state index >= 15 is 0 Å². The number of nitrogens with one attached hydrogen (secondary N) is 1. The van der Waals surface area contributed by atoms with Gasteiger partial charge in [0, 0.05) is 19.3 Å². The number of carbonyl (C=O) groups is 1. The first-order chi connectivity index (χ1) is 10.8. The molecule has 0 radical (unpaired) electrons. The Morgan fingerprint density at radius 3 is 2.86 bits per heavy atom. The Morgan fingerprint density at radius 1 is 1.18 bits per heavy atom. The molecule has 5 heteroatoms. The molecule has 5 nitrogen and oxygen atoms in total. The van der Waals surface area contributed by atoms with Crippen LogP contribution in [0.15, 0.2) is 42.7 Å². The smallest absolute Gasteiger partial charge is 0.257 e. The summed E-state index contributed by atoms with van der Waals surface area (Å²) in [4.78, 5) is 14.7. The molecule has 2 aliphatic rings. The summed E-state index contributed by atoms with van der Waals surface area (Å²) in [6.45, 7) is 3.88. The summed E-state index contributed by atoms with van der Waals surface area (Å²) in [7, 11) is 0. The minimum Gasteiger partial charge on any atom is -0.338 e. The van der Waals surface area contributed by atoms with Crippen LogP contribution in [0.1, 0.15) is 16.8 Å². The lowest BCUT2D eigenvalue weighted by atomic mass is 9.88. The summed E-state index contributed by atoms with van der Waals surface area (Å²) >= 11 is 0. The van der Waals surface area contributed by atoms with Gasteiger partial charge < -0.3 is 10.2 Å². The highest BCUT2D eigenvalue weighted by Gasteiger charge is 2.34. The summed E-state index contributed by atoms with van der Waals surface area (Å²) in [5.74, 6) is 1.46. The van der Waals surface area contributed by atoms with E-state index in [2.05, 4.69) is 10.4 Å². The third-order valence-corrected chi connectivity index (χ3v) is 4.84. The largest absolute Gasteiger partial charge is 0.338 e. The average Bonchev–Trinajstić information content (AvgIpc) is 3.23. The summed E-state index contributed by atoms with van der Waals surface area (Å²) in [6.07, 6.45) is 4.61. The minimum atomic E-state index is 0.104. The van der Waals surface area contributed by atoms with Crippen LogP contribution in [0.2, 0.25) is 0 Å². The Bertz CT molecular complexity index is 666. The Balaban J connectivity index is 1.50. The quantitative estimate of drug-likeness (QED) is 0.915. The first-order valence-corrected chi connectivity index (χ1v) is 7.91. The number of carbonyl (C=O) groups excluding carboxylic acids is 1. The average molecular weight is 296 g/mol. The maximum absolute atomic E-state index is 12.7. The third-order valence-electron chi connectivity index (χ3n) is 4.84. The van der Waals surface area contributed by atoms with Crippen LogP contribution >= 0.6 is 0 Å². The van der Waals surface area contributed by atoms with Gasteiger partial charge in [0.25, 0.3) is 5.91 Å². The maximum Gasteiger partial charge on any atom is 0.257 e. The van der Waals surface area contributed by atoms with E-state index in [0.29, 0.717) is 11.5 Å². The molecule has 2 fully saturated rings. The molecule has 0 bridgehead atoms. The van der Waals surface area contributed by atoms with E-state index < -0.39 is 0 Å². The van der Waals surface area contributed by atoms with Crippen LogP contribution in [-0.4, -0.2) is 46.8 Å². The van der Waals surface area contributed by atoms with Crippen molar-refractivity contribution >= 4 is 5.91 Å². The first-order valence-electron chi connectivity index (χ1n) is 7.91. The van der Waals surface area contributed by atoms with Gasteiger partial charge in [-0.05, 0) is 43.5 Å².